The highest BCUT2D eigenvalue weighted by Gasteiger charge is 2.34. The molecule has 2 atom stereocenters. The Kier molecular flexibility index (Phi) is 10.5. The van der Waals surface area contributed by atoms with Gasteiger partial charge in [0.25, 0.3) is 0 Å². The maximum Gasteiger partial charge on any atom is 0.246 e. The van der Waals surface area contributed by atoms with Gasteiger partial charge in [-0.15, -0.1) is 12.4 Å². The van der Waals surface area contributed by atoms with Crippen molar-refractivity contribution < 1.29 is 19.1 Å². The zero-order valence-corrected chi connectivity index (χ0v) is 17.0. The quantitative estimate of drug-likeness (QED) is 0.632. The van der Waals surface area contributed by atoms with Gasteiger partial charge in [-0.2, -0.15) is 0 Å². The van der Waals surface area contributed by atoms with Gasteiger partial charge in [0, 0.05) is 44.2 Å². The predicted octanol–water partition coefficient (Wildman–Crippen LogP) is 0.955. The summed E-state index contributed by atoms with van der Waals surface area (Å²) < 4.78 is 10.1. The Hall–Kier alpha value is -0.890. The molecule has 0 aromatic heterocycles. The number of hydrogen-bond acceptors (Lipinski definition) is 5. The van der Waals surface area contributed by atoms with E-state index in [2.05, 4.69) is 24.5 Å². The molecular formula is C18H34ClN3O4. The Morgan fingerprint density at radius 1 is 1.15 bits per heavy atom. The highest BCUT2D eigenvalue weighted by molar-refractivity contribution is 5.85. The van der Waals surface area contributed by atoms with E-state index < -0.39 is 0 Å². The van der Waals surface area contributed by atoms with Crippen molar-refractivity contribution in [3.05, 3.63) is 0 Å². The van der Waals surface area contributed by atoms with Gasteiger partial charge in [0.2, 0.25) is 11.8 Å². The lowest BCUT2D eigenvalue weighted by Gasteiger charge is -2.41. The number of rotatable bonds is 7. The van der Waals surface area contributed by atoms with Gasteiger partial charge in [0.1, 0.15) is 6.61 Å². The summed E-state index contributed by atoms with van der Waals surface area (Å²) in [5.74, 6) is 0.294. The molecule has 26 heavy (non-hydrogen) atoms. The molecule has 1 heterocycles. The van der Waals surface area contributed by atoms with Gasteiger partial charge in [-0.25, -0.2) is 0 Å². The second kappa shape index (κ2) is 11.7. The van der Waals surface area contributed by atoms with E-state index in [1.807, 2.05) is 4.90 Å². The van der Waals surface area contributed by atoms with E-state index in [1.165, 1.54) is 0 Å². The number of ether oxygens (including phenoxy) is 2. The van der Waals surface area contributed by atoms with E-state index in [1.54, 1.807) is 7.11 Å². The van der Waals surface area contributed by atoms with Crippen molar-refractivity contribution in [3.63, 3.8) is 0 Å². The molecule has 8 heteroatoms. The van der Waals surface area contributed by atoms with Gasteiger partial charge >= 0.3 is 0 Å². The average molecular weight is 392 g/mol. The van der Waals surface area contributed by atoms with E-state index in [0.717, 1.165) is 38.8 Å². The Bertz CT molecular complexity index is 444. The highest BCUT2D eigenvalue weighted by atomic mass is 35.5. The lowest BCUT2D eigenvalue weighted by Crippen LogP contribution is -2.58. The van der Waals surface area contributed by atoms with E-state index in [0.29, 0.717) is 19.3 Å². The fourth-order valence-electron chi connectivity index (χ4n) is 3.66. The number of hydrogen-bond donors (Lipinski definition) is 2. The summed E-state index contributed by atoms with van der Waals surface area (Å²) >= 11 is 0. The number of amides is 2. The Balaban J connectivity index is 0.00000338. The fourth-order valence-corrected chi connectivity index (χ4v) is 3.66. The third kappa shape index (κ3) is 6.68. The van der Waals surface area contributed by atoms with Crippen molar-refractivity contribution in [2.75, 3.05) is 40.0 Å². The second-order valence-electron chi connectivity index (χ2n) is 7.18. The minimum Gasteiger partial charge on any atom is -0.382 e. The molecule has 0 aromatic rings. The topological polar surface area (TPSA) is 79.9 Å². The third-order valence-electron chi connectivity index (χ3n) is 5.42. The van der Waals surface area contributed by atoms with Gasteiger partial charge in [-0.3, -0.25) is 9.59 Å². The van der Waals surface area contributed by atoms with Gasteiger partial charge in [0.15, 0.2) is 0 Å². The van der Waals surface area contributed by atoms with Crippen molar-refractivity contribution in [3.8, 4) is 0 Å². The number of carbonyl (C=O) groups is 2. The SMILES string of the molecule is COCCOCC(=O)NC1CCC(C(=O)N2CCNC(C)C2C)CC1.Cl. The largest absolute Gasteiger partial charge is 0.382 e. The Morgan fingerprint density at radius 3 is 2.50 bits per heavy atom. The lowest BCUT2D eigenvalue weighted by atomic mass is 9.84. The smallest absolute Gasteiger partial charge is 0.246 e. The normalized spacial score (nSPS) is 29.0. The summed E-state index contributed by atoms with van der Waals surface area (Å²) in [5, 5.41) is 6.42. The maximum atomic E-state index is 12.8. The number of methoxy groups -OCH3 is 1. The molecule has 2 amide bonds. The monoisotopic (exact) mass is 391 g/mol. The van der Waals surface area contributed by atoms with E-state index in [-0.39, 0.29) is 48.8 Å². The molecule has 152 valence electrons. The van der Waals surface area contributed by atoms with Crippen LogP contribution in [0, 0.1) is 5.92 Å². The summed E-state index contributed by atoms with van der Waals surface area (Å²) in [4.78, 5) is 26.7. The van der Waals surface area contributed by atoms with Crippen molar-refractivity contribution in [2.45, 2.75) is 57.7 Å². The summed E-state index contributed by atoms with van der Waals surface area (Å²) in [6.07, 6.45) is 3.41. The van der Waals surface area contributed by atoms with E-state index >= 15 is 0 Å². The number of piperazine rings is 1. The van der Waals surface area contributed by atoms with Crippen LogP contribution in [-0.4, -0.2) is 74.9 Å². The molecule has 2 unspecified atom stereocenters. The van der Waals surface area contributed by atoms with Crippen LogP contribution in [0.1, 0.15) is 39.5 Å². The molecule has 2 N–H and O–H groups in total. The molecule has 2 rings (SSSR count). The zero-order chi connectivity index (χ0) is 18.2. The van der Waals surface area contributed by atoms with Crippen LogP contribution in [0.3, 0.4) is 0 Å². The standard InChI is InChI=1S/C18H33N3O4.ClH/c1-13-14(2)21(9-8-19-13)18(23)15-4-6-16(7-5-15)20-17(22)12-25-11-10-24-3;/h13-16,19H,4-12H2,1-3H3,(H,20,22);1H. The van der Waals surface area contributed by atoms with Crippen LogP contribution < -0.4 is 10.6 Å². The van der Waals surface area contributed by atoms with Crippen LogP contribution in [0.15, 0.2) is 0 Å². The van der Waals surface area contributed by atoms with Crippen molar-refractivity contribution in [1.29, 1.82) is 0 Å². The summed E-state index contributed by atoms with van der Waals surface area (Å²) in [6, 6.07) is 0.733. The number of carbonyl (C=O) groups excluding carboxylic acids is 2. The summed E-state index contributed by atoms with van der Waals surface area (Å²) in [7, 11) is 1.60. The highest BCUT2D eigenvalue weighted by Crippen LogP contribution is 2.27. The first-order chi connectivity index (χ1) is 12.0. The molecule has 1 aliphatic carbocycles. The molecule has 1 saturated heterocycles. The van der Waals surface area contributed by atoms with Crippen molar-refractivity contribution in [1.82, 2.24) is 15.5 Å². The molecule has 1 saturated carbocycles. The molecule has 0 aromatic carbocycles. The lowest BCUT2D eigenvalue weighted by molar-refractivity contribution is -0.140. The summed E-state index contributed by atoms with van der Waals surface area (Å²) in [5.41, 5.74) is 0. The third-order valence-corrected chi connectivity index (χ3v) is 5.42. The van der Waals surface area contributed by atoms with Gasteiger partial charge in [-0.05, 0) is 39.5 Å². The minimum atomic E-state index is -0.0876. The van der Waals surface area contributed by atoms with Crippen molar-refractivity contribution in [2.24, 2.45) is 5.92 Å². The van der Waals surface area contributed by atoms with Crippen LogP contribution >= 0.6 is 12.4 Å². The number of halogens is 1. The molecule has 2 aliphatic rings. The Morgan fingerprint density at radius 2 is 1.85 bits per heavy atom. The molecule has 0 spiro atoms. The van der Waals surface area contributed by atoms with Crippen molar-refractivity contribution >= 4 is 24.2 Å². The predicted molar refractivity (Wildman–Crippen MR) is 102 cm³/mol. The molecular weight excluding hydrogens is 358 g/mol. The number of nitrogens with one attached hydrogen (secondary N) is 2. The number of nitrogens with zero attached hydrogens (tertiary/aromatic N) is 1. The van der Waals surface area contributed by atoms with Crippen LogP contribution in [0.2, 0.25) is 0 Å². The van der Waals surface area contributed by atoms with Crippen LogP contribution in [0.25, 0.3) is 0 Å². The maximum absolute atomic E-state index is 12.8. The molecule has 1 aliphatic heterocycles. The molecule has 0 radical (unpaired) electrons. The average Bonchev–Trinajstić information content (AvgIpc) is 2.61. The molecule has 2 fully saturated rings. The zero-order valence-electron chi connectivity index (χ0n) is 16.2. The van der Waals surface area contributed by atoms with Crippen LogP contribution in [-0.2, 0) is 19.1 Å². The van der Waals surface area contributed by atoms with Crippen LogP contribution in [0.5, 0.6) is 0 Å². The first-order valence-corrected chi connectivity index (χ1v) is 9.42. The van der Waals surface area contributed by atoms with E-state index in [4.69, 9.17) is 9.47 Å². The van der Waals surface area contributed by atoms with Gasteiger partial charge in [-0.1, -0.05) is 0 Å². The fraction of sp³-hybridized carbons (Fsp3) is 0.889. The Labute approximate surface area is 162 Å². The van der Waals surface area contributed by atoms with Crippen LogP contribution in [0.4, 0.5) is 0 Å². The summed E-state index contributed by atoms with van der Waals surface area (Å²) in [6.45, 7) is 6.88. The molecule has 0 bridgehead atoms. The first-order valence-electron chi connectivity index (χ1n) is 9.42. The van der Waals surface area contributed by atoms with Gasteiger partial charge in [0.05, 0.1) is 13.2 Å². The first kappa shape index (κ1) is 23.1. The van der Waals surface area contributed by atoms with E-state index in [9.17, 15) is 9.59 Å². The second-order valence-corrected chi connectivity index (χ2v) is 7.18. The molecule has 7 nitrogen and oxygen atoms in total. The minimum absolute atomic E-state index is 0. The van der Waals surface area contributed by atoms with Gasteiger partial charge < -0.3 is 25.0 Å².